The van der Waals surface area contributed by atoms with Crippen LogP contribution < -0.4 is 5.32 Å². The fraction of sp³-hybridized carbons (Fsp3) is 0.0800. The van der Waals surface area contributed by atoms with Crippen LogP contribution in [0.5, 0.6) is 0 Å². The van der Waals surface area contributed by atoms with Crippen molar-refractivity contribution in [1.82, 2.24) is 4.98 Å². The lowest BCUT2D eigenvalue weighted by molar-refractivity contribution is -0.138. The number of amides is 1. The average molecular weight is 502 g/mol. The number of halogens is 5. The number of aromatic nitrogens is 1. The van der Waals surface area contributed by atoms with Crippen LogP contribution in [0.3, 0.4) is 0 Å². The van der Waals surface area contributed by atoms with Gasteiger partial charge in [-0.3, -0.25) is 9.59 Å². The molecule has 4 aromatic rings. The molecule has 184 valence electrons. The first-order chi connectivity index (χ1) is 17.0. The Morgan fingerprint density at radius 3 is 2.36 bits per heavy atom. The molecule has 0 radical (unpaired) electrons. The highest BCUT2D eigenvalue weighted by molar-refractivity contribution is 6.02. The molecule has 2 N–H and O–H groups in total. The minimum atomic E-state index is -4.72. The van der Waals surface area contributed by atoms with E-state index in [1.807, 2.05) is 0 Å². The molecule has 0 aliphatic rings. The number of aliphatic carboxylic acids is 1. The molecule has 0 fully saturated rings. The number of nitrogens with one attached hydrogen (secondary N) is 1. The summed E-state index contributed by atoms with van der Waals surface area (Å²) in [6, 6.07) is 9.85. The van der Waals surface area contributed by atoms with E-state index in [0.717, 1.165) is 24.3 Å². The molecule has 1 amide bonds. The molecule has 0 saturated carbocycles. The average Bonchev–Trinajstić information content (AvgIpc) is 3.27. The summed E-state index contributed by atoms with van der Waals surface area (Å²) in [7, 11) is 0. The van der Waals surface area contributed by atoms with Crippen LogP contribution in [0.25, 0.3) is 17.2 Å². The van der Waals surface area contributed by atoms with Gasteiger partial charge in [-0.2, -0.15) is 13.2 Å². The molecule has 4 rings (SSSR count). The second-order valence-corrected chi connectivity index (χ2v) is 7.65. The first-order valence-electron chi connectivity index (χ1n) is 10.2. The molecule has 6 nitrogen and oxygen atoms in total. The number of benzene rings is 3. The summed E-state index contributed by atoms with van der Waals surface area (Å²) in [4.78, 5) is 28.1. The van der Waals surface area contributed by atoms with Gasteiger partial charge in [-0.15, -0.1) is 0 Å². The molecule has 0 saturated heterocycles. The Labute approximate surface area is 199 Å². The maximum atomic E-state index is 14.7. The number of anilines is 1. The summed E-state index contributed by atoms with van der Waals surface area (Å²) in [5.41, 5.74) is -0.412. The van der Waals surface area contributed by atoms with Crippen molar-refractivity contribution in [2.24, 2.45) is 0 Å². The Morgan fingerprint density at radius 2 is 1.69 bits per heavy atom. The SMILES string of the molecule is O=C(C=Cc1ccc(C(F)(F)F)cc1F)Nc1ccc(C(C(=O)O)c2ccc3ocnc3c2)cc1F. The van der Waals surface area contributed by atoms with Crippen LogP contribution >= 0.6 is 0 Å². The molecule has 1 unspecified atom stereocenters. The summed E-state index contributed by atoms with van der Waals surface area (Å²) in [6.45, 7) is 0. The van der Waals surface area contributed by atoms with Gasteiger partial charge in [0.2, 0.25) is 5.91 Å². The fourth-order valence-corrected chi connectivity index (χ4v) is 3.52. The molecule has 36 heavy (non-hydrogen) atoms. The molecule has 3 aromatic carbocycles. The smallest absolute Gasteiger partial charge is 0.416 e. The van der Waals surface area contributed by atoms with E-state index >= 15 is 0 Å². The third kappa shape index (κ3) is 5.24. The Morgan fingerprint density at radius 1 is 0.972 bits per heavy atom. The number of carboxylic acids is 1. The van der Waals surface area contributed by atoms with Crippen molar-refractivity contribution in [2.45, 2.75) is 12.1 Å². The van der Waals surface area contributed by atoms with Gasteiger partial charge in [-0.1, -0.05) is 18.2 Å². The van der Waals surface area contributed by atoms with E-state index in [4.69, 9.17) is 4.42 Å². The van der Waals surface area contributed by atoms with Gasteiger partial charge in [0.25, 0.3) is 0 Å². The zero-order valence-electron chi connectivity index (χ0n) is 18.0. The lowest BCUT2D eigenvalue weighted by atomic mass is 9.91. The molecule has 1 atom stereocenters. The van der Waals surface area contributed by atoms with Gasteiger partial charge in [0, 0.05) is 11.6 Å². The molecule has 1 heterocycles. The van der Waals surface area contributed by atoms with Crippen molar-refractivity contribution in [3.63, 3.8) is 0 Å². The topological polar surface area (TPSA) is 92.4 Å². The molecule has 11 heteroatoms. The Bertz CT molecular complexity index is 1490. The van der Waals surface area contributed by atoms with E-state index in [-0.39, 0.29) is 16.8 Å². The van der Waals surface area contributed by atoms with Crippen LogP contribution in [0.15, 0.2) is 71.5 Å². The van der Waals surface area contributed by atoms with Gasteiger partial charge in [-0.25, -0.2) is 13.8 Å². The molecule has 0 spiro atoms. The highest BCUT2D eigenvalue weighted by atomic mass is 19.4. The van der Waals surface area contributed by atoms with Crippen molar-refractivity contribution < 1.29 is 41.1 Å². The zero-order chi connectivity index (χ0) is 26.0. The van der Waals surface area contributed by atoms with Crippen LogP contribution in [0.1, 0.15) is 28.2 Å². The summed E-state index contributed by atoms with van der Waals surface area (Å²) < 4.78 is 71.7. The summed E-state index contributed by atoms with van der Waals surface area (Å²) in [5, 5.41) is 12.0. The van der Waals surface area contributed by atoms with Gasteiger partial charge in [-0.05, 0) is 53.6 Å². The lowest BCUT2D eigenvalue weighted by Crippen LogP contribution is -2.14. The number of fused-ring (bicyclic) bond motifs is 1. The van der Waals surface area contributed by atoms with Gasteiger partial charge in [0.05, 0.1) is 11.3 Å². The quantitative estimate of drug-likeness (QED) is 0.250. The van der Waals surface area contributed by atoms with Gasteiger partial charge in [0.15, 0.2) is 12.0 Å². The van der Waals surface area contributed by atoms with E-state index in [0.29, 0.717) is 28.8 Å². The van der Waals surface area contributed by atoms with Crippen molar-refractivity contribution in [3.8, 4) is 0 Å². The maximum Gasteiger partial charge on any atom is 0.416 e. The van der Waals surface area contributed by atoms with Crippen molar-refractivity contribution in [1.29, 1.82) is 0 Å². The second-order valence-electron chi connectivity index (χ2n) is 7.65. The van der Waals surface area contributed by atoms with Crippen LogP contribution in [-0.2, 0) is 15.8 Å². The van der Waals surface area contributed by atoms with Crippen molar-refractivity contribution in [2.75, 3.05) is 5.32 Å². The normalized spacial score (nSPS) is 12.7. The molecule has 1 aromatic heterocycles. The number of alkyl halides is 3. The van der Waals surface area contributed by atoms with Gasteiger partial charge >= 0.3 is 12.1 Å². The molecule has 0 aliphatic carbocycles. The number of nitrogens with zero attached hydrogens (tertiary/aromatic N) is 1. The number of hydrogen-bond donors (Lipinski definition) is 2. The number of oxazole rings is 1. The number of carbonyl (C=O) groups excluding carboxylic acids is 1. The second kappa shape index (κ2) is 9.61. The minimum Gasteiger partial charge on any atom is -0.481 e. The first-order valence-corrected chi connectivity index (χ1v) is 10.2. The molecular weight excluding hydrogens is 487 g/mol. The number of carboxylic acid groups (broad SMARTS) is 1. The predicted molar refractivity (Wildman–Crippen MR) is 119 cm³/mol. The predicted octanol–water partition coefficient (Wildman–Crippen LogP) is 5.99. The van der Waals surface area contributed by atoms with Crippen molar-refractivity contribution in [3.05, 3.63) is 101 Å². The first kappa shape index (κ1) is 24.6. The van der Waals surface area contributed by atoms with Crippen LogP contribution in [0.2, 0.25) is 0 Å². The summed E-state index contributed by atoms with van der Waals surface area (Å²) in [6.07, 6.45) is -1.74. The third-order valence-corrected chi connectivity index (χ3v) is 5.26. The minimum absolute atomic E-state index is 0.100. The van der Waals surface area contributed by atoms with Crippen LogP contribution in [-0.4, -0.2) is 22.0 Å². The Kier molecular flexibility index (Phi) is 6.56. The highest BCUT2D eigenvalue weighted by Gasteiger charge is 2.31. The Hall–Kier alpha value is -4.54. The lowest BCUT2D eigenvalue weighted by Gasteiger charge is -2.14. The largest absolute Gasteiger partial charge is 0.481 e. The number of carbonyl (C=O) groups is 2. The summed E-state index contributed by atoms with van der Waals surface area (Å²) in [5.74, 6) is -5.47. The van der Waals surface area contributed by atoms with E-state index < -0.39 is 41.2 Å². The highest BCUT2D eigenvalue weighted by Crippen LogP contribution is 2.31. The molecule has 0 aliphatic heterocycles. The van der Waals surface area contributed by atoms with Crippen LogP contribution in [0.4, 0.5) is 27.6 Å². The van der Waals surface area contributed by atoms with Gasteiger partial charge in [0.1, 0.15) is 23.1 Å². The molecule has 0 bridgehead atoms. The number of hydrogen-bond acceptors (Lipinski definition) is 4. The molecular formula is C25H15F5N2O4. The standard InChI is InChI=1S/C25H15F5N2O4/c26-17-11-16(25(28,29)30)5-1-13(17)4-8-22(33)32-19-6-2-14(9-18(19)27)23(24(34)35)15-3-7-21-20(10-15)31-12-36-21/h1-12,23H,(H,32,33)(H,34,35). The third-order valence-electron chi connectivity index (χ3n) is 5.26. The van der Waals surface area contributed by atoms with E-state index in [1.165, 1.54) is 30.7 Å². The van der Waals surface area contributed by atoms with Gasteiger partial charge < -0.3 is 14.8 Å². The zero-order valence-corrected chi connectivity index (χ0v) is 18.0. The van der Waals surface area contributed by atoms with E-state index in [9.17, 15) is 36.6 Å². The monoisotopic (exact) mass is 502 g/mol. The Balaban J connectivity index is 1.51. The van der Waals surface area contributed by atoms with Crippen LogP contribution in [0, 0.1) is 11.6 Å². The number of rotatable bonds is 6. The van der Waals surface area contributed by atoms with E-state index in [1.54, 1.807) is 6.07 Å². The fourth-order valence-electron chi connectivity index (χ4n) is 3.52. The summed E-state index contributed by atoms with van der Waals surface area (Å²) >= 11 is 0. The maximum absolute atomic E-state index is 14.7. The van der Waals surface area contributed by atoms with E-state index in [2.05, 4.69) is 10.3 Å². The van der Waals surface area contributed by atoms with Crippen molar-refractivity contribution >= 4 is 34.7 Å².